The number of hydrogen-bond donors (Lipinski definition) is 1. The first-order chi connectivity index (χ1) is 12.5. The number of rotatable bonds is 3. The lowest BCUT2D eigenvalue weighted by molar-refractivity contribution is -0.133. The molecule has 0 aromatic heterocycles. The Morgan fingerprint density at radius 3 is 2.69 bits per heavy atom. The minimum Gasteiger partial charge on any atom is -0.348 e. The van der Waals surface area contributed by atoms with Gasteiger partial charge in [-0.25, -0.2) is 0 Å². The van der Waals surface area contributed by atoms with E-state index in [-0.39, 0.29) is 17.7 Å². The first-order valence-electron chi connectivity index (χ1n) is 9.06. The molecule has 0 bridgehead atoms. The number of benzene rings is 1. The molecule has 7 heteroatoms. The molecule has 1 N–H and O–H groups in total. The molecule has 2 heterocycles. The Morgan fingerprint density at radius 2 is 1.92 bits per heavy atom. The number of nitrogens with zero attached hydrogens (tertiary/aromatic N) is 3. The zero-order valence-corrected chi connectivity index (χ0v) is 15.4. The Balaban J connectivity index is 1.61. The summed E-state index contributed by atoms with van der Waals surface area (Å²) < 4.78 is 0. The summed E-state index contributed by atoms with van der Waals surface area (Å²) >= 11 is 0. The minimum atomic E-state index is -0.507. The van der Waals surface area contributed by atoms with Crippen LogP contribution < -0.4 is 5.32 Å². The lowest BCUT2D eigenvalue weighted by Gasteiger charge is -2.30. The topological polar surface area (TPSA) is 73.0 Å². The van der Waals surface area contributed by atoms with Gasteiger partial charge in [-0.2, -0.15) is 0 Å². The second-order valence-corrected chi connectivity index (χ2v) is 7.13. The average Bonchev–Trinajstić information content (AvgIpc) is 2.86. The van der Waals surface area contributed by atoms with Gasteiger partial charge in [0.05, 0.1) is 6.54 Å². The van der Waals surface area contributed by atoms with Crippen LogP contribution in [-0.2, 0) is 16.0 Å². The quantitative estimate of drug-likeness (QED) is 0.823. The summed E-state index contributed by atoms with van der Waals surface area (Å²) in [5.74, 6) is -0.146. The van der Waals surface area contributed by atoms with Crippen LogP contribution >= 0.6 is 0 Å². The Labute approximate surface area is 153 Å². The molecule has 0 saturated carbocycles. The van der Waals surface area contributed by atoms with E-state index in [9.17, 15) is 14.4 Å². The van der Waals surface area contributed by atoms with Crippen LogP contribution in [0.25, 0.3) is 0 Å². The summed E-state index contributed by atoms with van der Waals surface area (Å²) in [6.07, 6.45) is 1.35. The summed E-state index contributed by atoms with van der Waals surface area (Å²) in [5, 5.41) is 2.84. The van der Waals surface area contributed by atoms with Crippen molar-refractivity contribution in [2.75, 3.05) is 46.8 Å². The minimum absolute atomic E-state index is 0.0337. The van der Waals surface area contributed by atoms with Crippen molar-refractivity contribution >= 4 is 17.7 Å². The fourth-order valence-electron chi connectivity index (χ4n) is 3.48. The highest BCUT2D eigenvalue weighted by Crippen LogP contribution is 2.18. The molecule has 1 saturated heterocycles. The molecule has 26 heavy (non-hydrogen) atoms. The Bertz CT molecular complexity index is 704. The maximum absolute atomic E-state index is 12.9. The third-order valence-electron chi connectivity index (χ3n) is 5.05. The molecule has 1 atom stereocenters. The smallest absolute Gasteiger partial charge is 0.252 e. The summed E-state index contributed by atoms with van der Waals surface area (Å²) in [7, 11) is 3.50. The van der Waals surface area contributed by atoms with Gasteiger partial charge in [-0.1, -0.05) is 18.2 Å². The number of hydrogen-bond acceptors (Lipinski definition) is 4. The fourth-order valence-corrected chi connectivity index (χ4v) is 3.48. The lowest BCUT2D eigenvalue weighted by Crippen LogP contribution is -2.52. The molecule has 0 spiro atoms. The van der Waals surface area contributed by atoms with Gasteiger partial charge in [0.25, 0.3) is 5.91 Å². The zero-order valence-electron chi connectivity index (χ0n) is 15.4. The maximum Gasteiger partial charge on any atom is 0.252 e. The molecular weight excluding hydrogens is 332 g/mol. The van der Waals surface area contributed by atoms with Crippen molar-refractivity contribution in [1.29, 1.82) is 0 Å². The SMILES string of the molecule is CN(C)C(=O)CN1CCCN(C(=O)[C@H]2Cc3ccccc3C(=O)N2)CC1. The molecule has 140 valence electrons. The molecule has 2 aliphatic rings. The number of carbonyl (C=O) groups is 3. The number of likely N-dealkylation sites (N-methyl/N-ethyl adjacent to an activating group) is 1. The molecule has 3 rings (SSSR count). The largest absolute Gasteiger partial charge is 0.348 e. The van der Waals surface area contributed by atoms with Crippen LogP contribution in [-0.4, -0.2) is 85.3 Å². The Hall–Kier alpha value is -2.41. The molecule has 0 radical (unpaired) electrons. The van der Waals surface area contributed by atoms with E-state index in [0.717, 1.165) is 18.5 Å². The van der Waals surface area contributed by atoms with E-state index in [1.807, 2.05) is 23.1 Å². The molecule has 1 aromatic rings. The third-order valence-corrected chi connectivity index (χ3v) is 5.05. The number of nitrogens with one attached hydrogen (secondary N) is 1. The first kappa shape index (κ1) is 18.4. The highest BCUT2D eigenvalue weighted by molar-refractivity contribution is 6.00. The van der Waals surface area contributed by atoms with Crippen LogP contribution in [0.5, 0.6) is 0 Å². The number of carbonyl (C=O) groups excluding carboxylic acids is 3. The zero-order chi connectivity index (χ0) is 18.7. The van der Waals surface area contributed by atoms with Crippen molar-refractivity contribution in [3.05, 3.63) is 35.4 Å². The Kier molecular flexibility index (Phi) is 5.56. The Morgan fingerprint density at radius 1 is 1.15 bits per heavy atom. The van der Waals surface area contributed by atoms with Crippen molar-refractivity contribution in [1.82, 2.24) is 20.0 Å². The van der Waals surface area contributed by atoms with Gasteiger partial charge in [0.2, 0.25) is 11.8 Å². The van der Waals surface area contributed by atoms with Crippen LogP contribution in [0, 0.1) is 0 Å². The maximum atomic E-state index is 12.9. The van der Waals surface area contributed by atoms with Gasteiger partial charge in [-0.3, -0.25) is 19.3 Å². The summed E-state index contributed by atoms with van der Waals surface area (Å²) in [4.78, 5) is 42.6. The number of amides is 3. The monoisotopic (exact) mass is 358 g/mol. The van der Waals surface area contributed by atoms with Gasteiger partial charge in [0.15, 0.2) is 0 Å². The summed E-state index contributed by atoms with van der Waals surface area (Å²) in [5.41, 5.74) is 1.57. The molecule has 1 fully saturated rings. The van der Waals surface area contributed by atoms with Crippen molar-refractivity contribution < 1.29 is 14.4 Å². The van der Waals surface area contributed by atoms with Crippen LogP contribution in [0.15, 0.2) is 24.3 Å². The predicted molar refractivity (Wildman–Crippen MR) is 97.7 cm³/mol. The molecule has 0 unspecified atom stereocenters. The van der Waals surface area contributed by atoms with Crippen molar-refractivity contribution in [2.24, 2.45) is 0 Å². The molecule has 0 aliphatic carbocycles. The van der Waals surface area contributed by atoms with Crippen LogP contribution in [0.4, 0.5) is 0 Å². The van der Waals surface area contributed by atoms with E-state index in [0.29, 0.717) is 38.2 Å². The van der Waals surface area contributed by atoms with Gasteiger partial charge in [0, 0.05) is 52.3 Å². The van der Waals surface area contributed by atoms with Gasteiger partial charge in [0.1, 0.15) is 6.04 Å². The van der Waals surface area contributed by atoms with E-state index >= 15 is 0 Å². The van der Waals surface area contributed by atoms with E-state index in [2.05, 4.69) is 10.2 Å². The second kappa shape index (κ2) is 7.86. The van der Waals surface area contributed by atoms with Crippen LogP contribution in [0.1, 0.15) is 22.3 Å². The molecule has 2 aliphatic heterocycles. The van der Waals surface area contributed by atoms with E-state index in [1.54, 1.807) is 25.1 Å². The van der Waals surface area contributed by atoms with E-state index in [1.165, 1.54) is 0 Å². The normalized spacial score (nSPS) is 20.8. The van der Waals surface area contributed by atoms with Crippen molar-refractivity contribution in [3.63, 3.8) is 0 Å². The van der Waals surface area contributed by atoms with E-state index in [4.69, 9.17) is 0 Å². The number of fused-ring (bicyclic) bond motifs is 1. The summed E-state index contributed by atoms with van der Waals surface area (Å²) in [6, 6.07) is 6.92. The third kappa shape index (κ3) is 4.04. The molecular formula is C19H26N4O3. The highest BCUT2D eigenvalue weighted by atomic mass is 16.2. The first-order valence-corrected chi connectivity index (χ1v) is 9.06. The standard InChI is InChI=1S/C19H26N4O3/c1-21(2)17(24)13-22-8-5-9-23(11-10-22)19(26)16-12-14-6-3-4-7-15(14)18(25)20-16/h3-4,6-7,16H,5,8-13H2,1-2H3,(H,20,25)/t16-/m1/s1. The van der Waals surface area contributed by atoms with Gasteiger partial charge in [-0.05, 0) is 18.1 Å². The molecule has 7 nitrogen and oxygen atoms in total. The van der Waals surface area contributed by atoms with Gasteiger partial charge >= 0.3 is 0 Å². The molecule has 1 aromatic carbocycles. The van der Waals surface area contributed by atoms with Gasteiger partial charge < -0.3 is 15.1 Å². The van der Waals surface area contributed by atoms with E-state index < -0.39 is 6.04 Å². The predicted octanol–water partition coefficient (Wildman–Crippen LogP) is -0.0364. The average molecular weight is 358 g/mol. The lowest BCUT2D eigenvalue weighted by atomic mass is 9.94. The van der Waals surface area contributed by atoms with Crippen LogP contribution in [0.3, 0.4) is 0 Å². The molecule has 3 amide bonds. The second-order valence-electron chi connectivity index (χ2n) is 7.13. The van der Waals surface area contributed by atoms with Crippen LogP contribution in [0.2, 0.25) is 0 Å². The van der Waals surface area contributed by atoms with Crippen molar-refractivity contribution in [3.8, 4) is 0 Å². The van der Waals surface area contributed by atoms with Crippen molar-refractivity contribution in [2.45, 2.75) is 18.9 Å². The summed E-state index contributed by atoms with van der Waals surface area (Å²) in [6.45, 7) is 3.07. The fraction of sp³-hybridized carbons (Fsp3) is 0.526. The highest BCUT2D eigenvalue weighted by Gasteiger charge is 2.32. The van der Waals surface area contributed by atoms with Gasteiger partial charge in [-0.15, -0.1) is 0 Å².